The Morgan fingerprint density at radius 3 is 2.73 bits per heavy atom. The van der Waals surface area contributed by atoms with E-state index in [4.69, 9.17) is 0 Å². The van der Waals surface area contributed by atoms with Crippen molar-refractivity contribution in [2.45, 2.75) is 12.4 Å². The van der Waals surface area contributed by atoms with Crippen LogP contribution in [0.2, 0.25) is 0 Å². The SMILES string of the molecule is CC1=NNC(S/C(=C/c2ccc(N(C)C)c(Br)c2)C(=O)O)N1. The van der Waals surface area contributed by atoms with Gasteiger partial charge in [-0.15, -0.1) is 0 Å². The van der Waals surface area contributed by atoms with Crippen molar-refractivity contribution in [1.82, 2.24) is 10.7 Å². The standard InChI is InChI=1S/C14H17BrN4O2S/c1-8-16-14(18-17-8)22-12(13(20)21)7-9-4-5-11(19(2)3)10(15)6-9/h4-7,14,18H,1-3H3,(H,16,17)(H,20,21)/b12-7+. The molecule has 1 atom stereocenters. The number of thioether (sulfide) groups is 1. The molecule has 1 unspecified atom stereocenters. The van der Waals surface area contributed by atoms with Crippen molar-refractivity contribution in [3.8, 4) is 0 Å². The molecule has 0 aliphatic carbocycles. The molecule has 0 aromatic heterocycles. The maximum absolute atomic E-state index is 11.4. The quantitative estimate of drug-likeness (QED) is 0.677. The van der Waals surface area contributed by atoms with Gasteiger partial charge in [-0.25, -0.2) is 4.79 Å². The van der Waals surface area contributed by atoms with Gasteiger partial charge < -0.3 is 15.3 Å². The number of carboxylic acids is 1. The van der Waals surface area contributed by atoms with Crippen molar-refractivity contribution in [2.24, 2.45) is 5.10 Å². The number of hydrogen-bond acceptors (Lipinski definition) is 6. The lowest BCUT2D eigenvalue weighted by Gasteiger charge is -2.15. The number of rotatable bonds is 5. The van der Waals surface area contributed by atoms with Crippen molar-refractivity contribution in [3.05, 3.63) is 33.1 Å². The van der Waals surface area contributed by atoms with E-state index in [1.165, 1.54) is 11.8 Å². The summed E-state index contributed by atoms with van der Waals surface area (Å²) in [5, 5.41) is 16.4. The maximum Gasteiger partial charge on any atom is 0.342 e. The number of halogens is 1. The second-order valence-corrected chi connectivity index (χ2v) is 6.89. The van der Waals surface area contributed by atoms with E-state index in [1.54, 1.807) is 6.08 Å². The van der Waals surface area contributed by atoms with Crippen molar-refractivity contribution in [2.75, 3.05) is 19.0 Å². The summed E-state index contributed by atoms with van der Waals surface area (Å²) in [5.41, 5.74) is 4.41. The molecule has 1 aromatic rings. The Kier molecular flexibility index (Phi) is 5.36. The van der Waals surface area contributed by atoms with E-state index in [0.29, 0.717) is 0 Å². The third-order valence-corrected chi connectivity index (χ3v) is 4.54. The second kappa shape index (κ2) is 7.06. The predicted octanol–water partition coefficient (Wildman–Crippen LogP) is 2.48. The van der Waals surface area contributed by atoms with Crippen LogP contribution in [-0.4, -0.2) is 36.5 Å². The largest absolute Gasteiger partial charge is 0.477 e. The minimum atomic E-state index is -0.967. The van der Waals surface area contributed by atoms with Crippen LogP contribution in [0.3, 0.4) is 0 Å². The van der Waals surface area contributed by atoms with E-state index < -0.39 is 5.97 Å². The summed E-state index contributed by atoms with van der Waals surface area (Å²) in [6, 6.07) is 5.73. The van der Waals surface area contributed by atoms with Gasteiger partial charge >= 0.3 is 5.97 Å². The molecule has 22 heavy (non-hydrogen) atoms. The lowest BCUT2D eigenvalue weighted by molar-refractivity contribution is -0.131. The van der Waals surface area contributed by atoms with Crippen LogP contribution < -0.4 is 15.6 Å². The number of carbonyl (C=O) groups is 1. The van der Waals surface area contributed by atoms with Gasteiger partial charge in [0, 0.05) is 18.6 Å². The van der Waals surface area contributed by atoms with Crippen LogP contribution in [0.5, 0.6) is 0 Å². The van der Waals surface area contributed by atoms with E-state index in [0.717, 1.165) is 21.6 Å². The molecule has 3 N–H and O–H groups in total. The van der Waals surface area contributed by atoms with Gasteiger partial charge in [-0.3, -0.25) is 5.43 Å². The average molecular weight is 385 g/mol. The highest BCUT2D eigenvalue weighted by atomic mass is 79.9. The molecule has 0 amide bonds. The van der Waals surface area contributed by atoms with Crippen molar-refractivity contribution < 1.29 is 9.90 Å². The normalized spacial score (nSPS) is 17.5. The van der Waals surface area contributed by atoms with Crippen LogP contribution >= 0.6 is 27.7 Å². The first-order valence-corrected chi connectivity index (χ1v) is 8.19. The fourth-order valence-electron chi connectivity index (χ4n) is 1.87. The smallest absolute Gasteiger partial charge is 0.342 e. The van der Waals surface area contributed by atoms with E-state index in [1.807, 2.05) is 44.1 Å². The van der Waals surface area contributed by atoms with Crippen LogP contribution in [-0.2, 0) is 4.79 Å². The fraction of sp³-hybridized carbons (Fsp3) is 0.286. The lowest BCUT2D eigenvalue weighted by atomic mass is 10.2. The monoisotopic (exact) mass is 384 g/mol. The number of anilines is 1. The summed E-state index contributed by atoms with van der Waals surface area (Å²) in [6.45, 7) is 1.81. The van der Waals surface area contributed by atoms with E-state index in [2.05, 4.69) is 31.8 Å². The summed E-state index contributed by atoms with van der Waals surface area (Å²) in [5.74, 6) is -0.230. The Morgan fingerprint density at radius 1 is 1.50 bits per heavy atom. The molecular weight excluding hydrogens is 368 g/mol. The molecule has 8 heteroatoms. The van der Waals surface area contributed by atoms with Gasteiger partial charge in [-0.2, -0.15) is 5.10 Å². The molecule has 0 radical (unpaired) electrons. The van der Waals surface area contributed by atoms with Crippen molar-refractivity contribution in [3.63, 3.8) is 0 Å². The zero-order valence-electron chi connectivity index (χ0n) is 12.4. The summed E-state index contributed by atoms with van der Waals surface area (Å²) in [4.78, 5) is 13.6. The van der Waals surface area contributed by atoms with Gasteiger partial charge in [0.15, 0.2) is 5.50 Å². The Balaban J connectivity index is 2.19. The highest BCUT2D eigenvalue weighted by Crippen LogP contribution is 2.29. The molecule has 0 fully saturated rings. The molecule has 1 aliphatic heterocycles. The van der Waals surface area contributed by atoms with Crippen LogP contribution in [0.4, 0.5) is 5.69 Å². The topological polar surface area (TPSA) is 77.0 Å². The highest BCUT2D eigenvalue weighted by molar-refractivity contribution is 9.10. The third-order valence-electron chi connectivity index (χ3n) is 2.90. The third kappa shape index (κ3) is 4.17. The van der Waals surface area contributed by atoms with Gasteiger partial charge in [-0.1, -0.05) is 17.8 Å². The summed E-state index contributed by atoms with van der Waals surface area (Å²) in [7, 11) is 3.90. The molecule has 6 nitrogen and oxygen atoms in total. The van der Waals surface area contributed by atoms with E-state index in [-0.39, 0.29) is 10.4 Å². The molecule has 2 rings (SSSR count). The minimum absolute atomic E-state index is 0.236. The number of aliphatic carboxylic acids is 1. The van der Waals surface area contributed by atoms with Crippen molar-refractivity contribution in [1.29, 1.82) is 0 Å². The number of nitrogens with zero attached hydrogens (tertiary/aromatic N) is 2. The van der Waals surface area contributed by atoms with Crippen LogP contribution in [0.25, 0.3) is 6.08 Å². The number of hydrogen-bond donors (Lipinski definition) is 3. The number of amidine groups is 1. The van der Waals surface area contributed by atoms with Crippen LogP contribution in [0, 0.1) is 0 Å². The summed E-state index contributed by atoms with van der Waals surface area (Å²) >= 11 is 4.68. The zero-order valence-corrected chi connectivity index (χ0v) is 14.8. The van der Waals surface area contributed by atoms with Crippen molar-refractivity contribution >= 4 is 51.3 Å². The molecular formula is C14H17BrN4O2S. The Labute approximate surface area is 141 Å². The van der Waals surface area contributed by atoms with Gasteiger partial charge in [0.05, 0.1) is 10.6 Å². The minimum Gasteiger partial charge on any atom is -0.477 e. The first-order chi connectivity index (χ1) is 10.4. The van der Waals surface area contributed by atoms with Gasteiger partial charge in [0.2, 0.25) is 0 Å². The number of hydrazone groups is 1. The fourth-order valence-corrected chi connectivity index (χ4v) is 3.51. The number of nitrogens with one attached hydrogen (secondary N) is 2. The molecule has 1 aromatic carbocycles. The maximum atomic E-state index is 11.4. The van der Waals surface area contributed by atoms with Crippen LogP contribution in [0.1, 0.15) is 12.5 Å². The van der Waals surface area contributed by atoms with Gasteiger partial charge in [0.25, 0.3) is 0 Å². The Hall–Kier alpha value is -1.67. The molecule has 0 bridgehead atoms. The zero-order chi connectivity index (χ0) is 16.3. The second-order valence-electron chi connectivity index (χ2n) is 4.89. The number of carboxylic acid groups (broad SMARTS) is 1. The summed E-state index contributed by atoms with van der Waals surface area (Å²) in [6.07, 6.45) is 1.65. The predicted molar refractivity (Wildman–Crippen MR) is 94.8 cm³/mol. The molecule has 1 aliphatic rings. The molecule has 0 saturated heterocycles. The lowest BCUT2D eigenvalue weighted by Crippen LogP contribution is -2.31. The van der Waals surface area contributed by atoms with E-state index >= 15 is 0 Å². The first-order valence-electron chi connectivity index (χ1n) is 6.51. The number of benzene rings is 1. The molecule has 1 heterocycles. The Morgan fingerprint density at radius 2 is 2.23 bits per heavy atom. The molecule has 0 spiro atoms. The average Bonchev–Trinajstić information content (AvgIpc) is 2.83. The summed E-state index contributed by atoms with van der Waals surface area (Å²) < 4.78 is 0.914. The molecule has 118 valence electrons. The molecule has 0 saturated carbocycles. The van der Waals surface area contributed by atoms with Gasteiger partial charge in [0.1, 0.15) is 5.84 Å². The van der Waals surface area contributed by atoms with Gasteiger partial charge in [-0.05, 0) is 46.6 Å². The van der Waals surface area contributed by atoms with E-state index in [9.17, 15) is 9.90 Å². The van der Waals surface area contributed by atoms with Crippen LogP contribution in [0.15, 0.2) is 32.7 Å². The first kappa shape index (κ1) is 16.7. The Bertz CT molecular complexity index is 646. The highest BCUT2D eigenvalue weighted by Gasteiger charge is 2.20.